The van der Waals surface area contributed by atoms with Crippen LogP contribution in [-0.2, 0) is 5.54 Å². The van der Waals surface area contributed by atoms with Gasteiger partial charge in [0, 0.05) is 28.2 Å². The highest BCUT2D eigenvalue weighted by atomic mass is 16.1. The summed E-state index contributed by atoms with van der Waals surface area (Å²) >= 11 is 0. The van der Waals surface area contributed by atoms with Gasteiger partial charge in [-0.1, -0.05) is 32.0 Å². The lowest BCUT2D eigenvalue weighted by atomic mass is 10.0. The molecule has 1 heterocycles. The van der Waals surface area contributed by atoms with E-state index in [-0.39, 0.29) is 11.3 Å². The molecule has 0 radical (unpaired) electrons. The Labute approximate surface area is 146 Å². The number of para-hydroxylation sites is 1. The van der Waals surface area contributed by atoms with Crippen molar-refractivity contribution in [2.45, 2.75) is 59.9 Å². The van der Waals surface area contributed by atoms with Gasteiger partial charge in [-0.05, 0) is 58.2 Å². The molecule has 3 nitrogen and oxygen atoms in total. The molecular weight excluding hydrogens is 296 g/mol. The first-order valence-electron chi connectivity index (χ1n) is 8.68. The van der Waals surface area contributed by atoms with Crippen molar-refractivity contribution in [2.75, 3.05) is 11.9 Å². The van der Waals surface area contributed by atoms with E-state index in [0.717, 1.165) is 22.6 Å². The van der Waals surface area contributed by atoms with Crippen LogP contribution >= 0.6 is 0 Å². The number of aromatic nitrogens is 1. The van der Waals surface area contributed by atoms with Crippen LogP contribution in [0.4, 0.5) is 5.69 Å². The van der Waals surface area contributed by atoms with Crippen molar-refractivity contribution >= 4 is 11.5 Å². The molecule has 130 valence electrons. The number of anilines is 1. The molecule has 2 rings (SSSR count). The van der Waals surface area contributed by atoms with E-state index in [4.69, 9.17) is 0 Å². The average molecular weight is 326 g/mol. The molecule has 0 aliphatic heterocycles. The van der Waals surface area contributed by atoms with Crippen molar-refractivity contribution in [2.24, 2.45) is 0 Å². The van der Waals surface area contributed by atoms with Crippen molar-refractivity contribution in [3.8, 4) is 0 Å². The number of rotatable bonds is 5. The van der Waals surface area contributed by atoms with Gasteiger partial charge in [-0.15, -0.1) is 0 Å². The van der Waals surface area contributed by atoms with Crippen molar-refractivity contribution in [1.82, 2.24) is 4.57 Å². The van der Waals surface area contributed by atoms with Crippen LogP contribution in [0.5, 0.6) is 0 Å². The number of Topliss-reactive ketones (excluding diaryl/α,β-unsaturated/α-hetero) is 1. The van der Waals surface area contributed by atoms with E-state index >= 15 is 0 Å². The summed E-state index contributed by atoms with van der Waals surface area (Å²) in [4.78, 5) is 12.7. The third kappa shape index (κ3) is 3.72. The lowest BCUT2D eigenvalue weighted by Gasteiger charge is -2.25. The summed E-state index contributed by atoms with van der Waals surface area (Å²) in [5.41, 5.74) is 5.26. The molecule has 2 aromatic rings. The maximum Gasteiger partial charge on any atom is 0.183 e. The van der Waals surface area contributed by atoms with Gasteiger partial charge in [0.05, 0.1) is 6.54 Å². The zero-order valence-electron chi connectivity index (χ0n) is 16.0. The van der Waals surface area contributed by atoms with Crippen molar-refractivity contribution < 1.29 is 4.79 Å². The molecule has 1 N–H and O–H groups in total. The molecule has 24 heavy (non-hydrogen) atoms. The number of hydrogen-bond acceptors (Lipinski definition) is 2. The Hall–Kier alpha value is -2.03. The van der Waals surface area contributed by atoms with Crippen LogP contribution in [0, 0.1) is 13.8 Å². The van der Waals surface area contributed by atoms with Gasteiger partial charge in [0.15, 0.2) is 5.78 Å². The molecule has 0 atom stereocenters. The molecule has 0 spiro atoms. The van der Waals surface area contributed by atoms with Crippen molar-refractivity contribution in [3.05, 3.63) is 52.8 Å². The lowest BCUT2D eigenvalue weighted by molar-refractivity contribution is 0.100. The maximum atomic E-state index is 12.7. The molecular formula is C21H30N2O. The van der Waals surface area contributed by atoms with Gasteiger partial charge in [-0.3, -0.25) is 4.79 Å². The van der Waals surface area contributed by atoms with Gasteiger partial charge in [0.25, 0.3) is 0 Å². The van der Waals surface area contributed by atoms with E-state index in [1.807, 2.05) is 31.2 Å². The number of nitrogens with one attached hydrogen (secondary N) is 1. The second-order valence-electron chi connectivity index (χ2n) is 7.81. The molecule has 1 aromatic heterocycles. The van der Waals surface area contributed by atoms with Crippen LogP contribution in [0.15, 0.2) is 30.3 Å². The van der Waals surface area contributed by atoms with Crippen LogP contribution in [0.3, 0.4) is 0 Å². The molecule has 0 aliphatic carbocycles. The number of ketones is 1. The highest BCUT2D eigenvalue weighted by Gasteiger charge is 2.22. The zero-order chi connectivity index (χ0) is 18.1. The van der Waals surface area contributed by atoms with E-state index < -0.39 is 0 Å². The molecule has 0 bridgehead atoms. The monoisotopic (exact) mass is 326 g/mol. The SMILES string of the molecule is Cc1cc(C(=O)CNc2ccccc2C(C)C)c(C)n1C(C)(C)C. The van der Waals surface area contributed by atoms with Gasteiger partial charge in [0.1, 0.15) is 0 Å². The molecule has 0 unspecified atom stereocenters. The summed E-state index contributed by atoms with van der Waals surface area (Å²) in [5.74, 6) is 0.562. The minimum atomic E-state index is -0.0234. The number of hydrogen-bond donors (Lipinski definition) is 1. The molecule has 0 amide bonds. The van der Waals surface area contributed by atoms with Gasteiger partial charge >= 0.3 is 0 Å². The first-order chi connectivity index (χ1) is 11.1. The number of benzene rings is 1. The van der Waals surface area contributed by atoms with E-state index in [0.29, 0.717) is 12.5 Å². The number of carbonyl (C=O) groups is 1. The Kier molecular flexibility index (Phi) is 5.22. The van der Waals surface area contributed by atoms with Crippen molar-refractivity contribution in [1.29, 1.82) is 0 Å². The van der Waals surface area contributed by atoms with E-state index in [1.54, 1.807) is 0 Å². The largest absolute Gasteiger partial charge is 0.377 e. The highest BCUT2D eigenvalue weighted by Crippen LogP contribution is 2.26. The second kappa shape index (κ2) is 6.84. The Morgan fingerprint density at radius 3 is 2.33 bits per heavy atom. The Bertz CT molecular complexity index is 733. The average Bonchev–Trinajstić information content (AvgIpc) is 2.79. The molecule has 0 saturated heterocycles. The highest BCUT2D eigenvalue weighted by molar-refractivity contribution is 6.00. The summed E-state index contributed by atoms with van der Waals surface area (Å²) in [7, 11) is 0. The fourth-order valence-corrected chi connectivity index (χ4v) is 3.51. The Morgan fingerprint density at radius 1 is 1.17 bits per heavy atom. The summed E-state index contributed by atoms with van der Waals surface area (Å²) in [6, 6.07) is 10.2. The maximum absolute atomic E-state index is 12.7. The van der Waals surface area contributed by atoms with E-state index in [1.165, 1.54) is 5.56 Å². The summed E-state index contributed by atoms with van der Waals surface area (Å²) in [6.07, 6.45) is 0. The molecule has 1 aromatic carbocycles. The smallest absolute Gasteiger partial charge is 0.183 e. The van der Waals surface area contributed by atoms with Gasteiger partial charge in [0.2, 0.25) is 0 Å². The fourth-order valence-electron chi connectivity index (χ4n) is 3.51. The normalized spacial score (nSPS) is 11.8. The predicted molar refractivity (Wildman–Crippen MR) is 102 cm³/mol. The van der Waals surface area contributed by atoms with Gasteiger partial charge in [-0.25, -0.2) is 0 Å². The lowest BCUT2D eigenvalue weighted by Crippen LogP contribution is -2.25. The number of nitrogens with zero attached hydrogens (tertiary/aromatic N) is 1. The Morgan fingerprint density at radius 2 is 1.79 bits per heavy atom. The van der Waals surface area contributed by atoms with Crippen LogP contribution in [0.2, 0.25) is 0 Å². The topological polar surface area (TPSA) is 34.0 Å². The van der Waals surface area contributed by atoms with E-state index in [9.17, 15) is 4.79 Å². The zero-order valence-corrected chi connectivity index (χ0v) is 16.0. The molecule has 3 heteroatoms. The molecule has 0 aliphatic rings. The predicted octanol–water partition coefficient (Wildman–Crippen LogP) is 5.28. The first-order valence-corrected chi connectivity index (χ1v) is 8.68. The second-order valence-corrected chi connectivity index (χ2v) is 7.81. The van der Waals surface area contributed by atoms with E-state index in [2.05, 4.69) is 57.5 Å². The quantitative estimate of drug-likeness (QED) is 0.759. The minimum Gasteiger partial charge on any atom is -0.377 e. The number of carbonyl (C=O) groups excluding carboxylic acids is 1. The summed E-state index contributed by atoms with van der Waals surface area (Å²) in [6.45, 7) is 15.2. The third-order valence-electron chi connectivity index (χ3n) is 4.42. The van der Waals surface area contributed by atoms with Gasteiger partial charge < -0.3 is 9.88 Å². The van der Waals surface area contributed by atoms with Crippen LogP contribution < -0.4 is 5.32 Å². The van der Waals surface area contributed by atoms with Gasteiger partial charge in [-0.2, -0.15) is 0 Å². The first kappa shape index (κ1) is 18.3. The Balaban J connectivity index is 2.21. The van der Waals surface area contributed by atoms with Crippen LogP contribution in [-0.4, -0.2) is 16.9 Å². The van der Waals surface area contributed by atoms with Crippen LogP contribution in [0.25, 0.3) is 0 Å². The summed E-state index contributed by atoms with van der Waals surface area (Å²) < 4.78 is 2.24. The van der Waals surface area contributed by atoms with Crippen LogP contribution in [0.1, 0.15) is 67.8 Å². The standard InChI is InChI=1S/C21H30N2O/c1-14(2)17-10-8-9-11-19(17)22-13-20(24)18-12-15(3)23(16(18)4)21(5,6)7/h8-12,14,22H,13H2,1-7H3. The fraction of sp³-hybridized carbons (Fsp3) is 0.476. The summed E-state index contributed by atoms with van der Waals surface area (Å²) in [5, 5.41) is 3.33. The number of aryl methyl sites for hydroxylation is 1. The molecule has 0 fully saturated rings. The van der Waals surface area contributed by atoms with Crippen molar-refractivity contribution in [3.63, 3.8) is 0 Å². The third-order valence-corrected chi connectivity index (χ3v) is 4.42. The minimum absolute atomic E-state index is 0.0234. The molecule has 0 saturated carbocycles.